The third-order valence-electron chi connectivity index (χ3n) is 5.31. The molecule has 1 N–H and O–H groups in total. The smallest absolute Gasteiger partial charge is 0.123 e. The molecule has 1 aliphatic heterocycles. The van der Waals surface area contributed by atoms with Crippen LogP contribution < -0.4 is 5.32 Å². The van der Waals surface area contributed by atoms with Crippen LogP contribution in [0.1, 0.15) is 48.7 Å². The van der Waals surface area contributed by atoms with Crippen molar-refractivity contribution in [2.75, 3.05) is 25.6 Å². The zero-order valence-corrected chi connectivity index (χ0v) is 17.0. The van der Waals surface area contributed by atoms with Crippen LogP contribution in [0.5, 0.6) is 0 Å². The maximum atomic E-state index is 13.2. The summed E-state index contributed by atoms with van der Waals surface area (Å²) in [6, 6.07) is 15.0. The molecule has 3 rings (SSSR count). The zero-order chi connectivity index (χ0) is 20.1. The van der Waals surface area contributed by atoms with Crippen molar-refractivity contribution in [1.82, 2.24) is 10.2 Å². The van der Waals surface area contributed by atoms with Crippen LogP contribution in [0.3, 0.4) is 0 Å². The van der Waals surface area contributed by atoms with Gasteiger partial charge in [0.05, 0.1) is 18.6 Å². The Morgan fingerprint density at radius 1 is 1.18 bits per heavy atom. The number of hydrogen-bond acceptors (Lipinski definition) is 5. The van der Waals surface area contributed by atoms with Crippen LogP contribution in [0.15, 0.2) is 48.5 Å². The molecule has 0 amide bonds. The quantitative estimate of drug-likeness (QED) is 0.715. The minimum absolute atomic E-state index is 0.0338. The molecule has 7 heteroatoms. The van der Waals surface area contributed by atoms with Gasteiger partial charge < -0.3 is 14.6 Å². The predicted molar refractivity (Wildman–Crippen MR) is 107 cm³/mol. The first kappa shape index (κ1) is 21.1. The first-order valence-electron chi connectivity index (χ1n) is 9.44. The van der Waals surface area contributed by atoms with E-state index in [1.54, 1.807) is 12.1 Å². The first-order chi connectivity index (χ1) is 13.4. The second kappa shape index (κ2) is 9.71. The van der Waals surface area contributed by atoms with Crippen molar-refractivity contribution in [1.29, 1.82) is 0 Å². The van der Waals surface area contributed by atoms with Gasteiger partial charge in [-0.25, -0.2) is 4.39 Å². The average Bonchev–Trinajstić information content (AvgIpc) is 2.72. The van der Waals surface area contributed by atoms with E-state index in [0.717, 1.165) is 24.2 Å². The summed E-state index contributed by atoms with van der Waals surface area (Å²) in [4.78, 5) is 2.37. The van der Waals surface area contributed by atoms with E-state index in [1.165, 1.54) is 17.7 Å². The second-order valence-electron chi connectivity index (χ2n) is 7.12. The van der Waals surface area contributed by atoms with Gasteiger partial charge in [-0.05, 0) is 53.8 Å². The fraction of sp³-hybridized carbons (Fsp3) is 0.429. The number of rotatable bonds is 7. The van der Waals surface area contributed by atoms with Crippen LogP contribution in [0.2, 0.25) is 0 Å². The van der Waals surface area contributed by atoms with Gasteiger partial charge in [0.15, 0.2) is 0 Å². The molecule has 0 aromatic heterocycles. The largest absolute Gasteiger partial charge is 0.771 e. The number of ether oxygens (including phenoxy) is 1. The highest BCUT2D eigenvalue weighted by Gasteiger charge is 2.26. The highest BCUT2D eigenvalue weighted by Crippen LogP contribution is 2.29. The van der Waals surface area contributed by atoms with E-state index < -0.39 is 11.1 Å². The SMILES string of the molecule is CC(c1ccc([C@@H](C)NCS(=O)[O-])cc1)N1CCO[C@@H](c2ccc(F)cc2)C1. The molecular formula is C21H26FN2O3S-. The fourth-order valence-corrected chi connectivity index (χ4v) is 3.87. The summed E-state index contributed by atoms with van der Waals surface area (Å²) in [6.07, 6.45) is -0.0618. The Hall–Kier alpha value is -1.64. The van der Waals surface area contributed by atoms with Gasteiger partial charge in [0.2, 0.25) is 0 Å². The number of nitrogens with one attached hydrogen (secondary N) is 1. The van der Waals surface area contributed by atoms with E-state index in [-0.39, 0.29) is 29.9 Å². The van der Waals surface area contributed by atoms with E-state index in [0.29, 0.717) is 6.61 Å². The summed E-state index contributed by atoms with van der Waals surface area (Å²) in [7, 11) is 0. The summed E-state index contributed by atoms with van der Waals surface area (Å²) in [5.41, 5.74) is 3.24. The third-order valence-corrected chi connectivity index (χ3v) is 5.72. The minimum atomic E-state index is -2.10. The predicted octanol–water partition coefficient (Wildman–Crippen LogP) is 3.45. The molecule has 0 saturated carbocycles. The number of morpholine rings is 1. The molecule has 4 atom stereocenters. The van der Waals surface area contributed by atoms with Crippen LogP contribution in [-0.2, 0) is 15.8 Å². The van der Waals surface area contributed by atoms with Crippen molar-refractivity contribution in [2.24, 2.45) is 0 Å². The van der Waals surface area contributed by atoms with Crippen LogP contribution in [0, 0.1) is 5.82 Å². The summed E-state index contributed by atoms with van der Waals surface area (Å²) in [5, 5.41) is 2.97. The molecule has 28 heavy (non-hydrogen) atoms. The Morgan fingerprint density at radius 2 is 1.82 bits per heavy atom. The average molecular weight is 406 g/mol. The molecule has 5 nitrogen and oxygen atoms in total. The van der Waals surface area contributed by atoms with Gasteiger partial charge in [-0.15, -0.1) is 0 Å². The molecule has 2 unspecified atom stereocenters. The Balaban J connectivity index is 1.63. The second-order valence-corrected chi connectivity index (χ2v) is 8.02. The zero-order valence-electron chi connectivity index (χ0n) is 16.1. The lowest BCUT2D eigenvalue weighted by Gasteiger charge is -2.37. The summed E-state index contributed by atoms with van der Waals surface area (Å²) in [6.45, 7) is 6.35. The van der Waals surface area contributed by atoms with Gasteiger partial charge in [0, 0.05) is 25.2 Å². The topological polar surface area (TPSA) is 64.6 Å². The van der Waals surface area contributed by atoms with E-state index in [2.05, 4.69) is 29.3 Å². The molecule has 1 saturated heterocycles. The molecule has 0 aliphatic carbocycles. The van der Waals surface area contributed by atoms with Crippen molar-refractivity contribution in [2.45, 2.75) is 32.0 Å². The lowest BCUT2D eigenvalue weighted by Crippen LogP contribution is -2.39. The Bertz CT molecular complexity index is 785. The van der Waals surface area contributed by atoms with Crippen LogP contribution in [-0.4, -0.2) is 39.2 Å². The molecule has 2 aromatic carbocycles. The minimum Gasteiger partial charge on any atom is -0.771 e. The van der Waals surface area contributed by atoms with Gasteiger partial charge >= 0.3 is 0 Å². The molecule has 0 spiro atoms. The summed E-state index contributed by atoms with van der Waals surface area (Å²) in [5.74, 6) is -0.298. The van der Waals surface area contributed by atoms with Gasteiger partial charge in [-0.1, -0.05) is 36.4 Å². The maximum Gasteiger partial charge on any atom is 0.123 e. The number of benzene rings is 2. The lowest BCUT2D eigenvalue weighted by molar-refractivity contribution is -0.0431. The fourth-order valence-electron chi connectivity index (χ4n) is 3.48. The summed E-state index contributed by atoms with van der Waals surface area (Å²) < 4.78 is 40.5. The molecule has 152 valence electrons. The Kier molecular flexibility index (Phi) is 7.31. The first-order valence-corrected chi connectivity index (χ1v) is 10.7. The standard InChI is InChI=1S/C21H27FN2O3S/c1-15(23-14-28(25)26)17-3-5-18(6-4-17)16(2)24-11-12-27-21(13-24)19-7-9-20(22)10-8-19/h3-10,15-16,21,23H,11-14H2,1-2H3,(H,25,26)/p-1/t15-,16?,21-/m1/s1. The van der Waals surface area contributed by atoms with Crippen molar-refractivity contribution in [3.8, 4) is 0 Å². The highest BCUT2D eigenvalue weighted by molar-refractivity contribution is 7.79. The van der Waals surface area contributed by atoms with Crippen molar-refractivity contribution < 1.29 is 17.9 Å². The molecule has 1 heterocycles. The number of nitrogens with zero attached hydrogens (tertiary/aromatic N) is 1. The van der Waals surface area contributed by atoms with Crippen LogP contribution in [0.25, 0.3) is 0 Å². The maximum absolute atomic E-state index is 13.2. The molecule has 2 aromatic rings. The van der Waals surface area contributed by atoms with Crippen molar-refractivity contribution in [3.05, 3.63) is 71.0 Å². The van der Waals surface area contributed by atoms with Crippen molar-refractivity contribution in [3.63, 3.8) is 0 Å². The third kappa shape index (κ3) is 5.46. The summed E-state index contributed by atoms with van der Waals surface area (Å²) >= 11 is -2.10. The molecule has 0 radical (unpaired) electrons. The van der Waals surface area contributed by atoms with Crippen molar-refractivity contribution >= 4 is 11.1 Å². The van der Waals surface area contributed by atoms with Gasteiger partial charge in [0.25, 0.3) is 0 Å². The highest BCUT2D eigenvalue weighted by atomic mass is 32.2. The van der Waals surface area contributed by atoms with Crippen LogP contribution in [0.4, 0.5) is 4.39 Å². The van der Waals surface area contributed by atoms with Gasteiger partial charge in [0.1, 0.15) is 5.82 Å². The molecule has 1 aliphatic rings. The van der Waals surface area contributed by atoms with Crippen LogP contribution >= 0.6 is 0 Å². The monoisotopic (exact) mass is 405 g/mol. The lowest BCUT2D eigenvalue weighted by atomic mass is 10.0. The number of hydrogen-bond donors (Lipinski definition) is 1. The molecular weight excluding hydrogens is 379 g/mol. The normalized spacial score (nSPS) is 21.2. The Labute approximate surface area is 168 Å². The van der Waals surface area contributed by atoms with Gasteiger partial charge in [-0.3, -0.25) is 9.11 Å². The van der Waals surface area contributed by atoms with E-state index >= 15 is 0 Å². The Morgan fingerprint density at radius 3 is 2.46 bits per heavy atom. The van der Waals surface area contributed by atoms with E-state index in [4.69, 9.17) is 4.74 Å². The van der Waals surface area contributed by atoms with E-state index in [1.807, 2.05) is 19.1 Å². The molecule has 1 fully saturated rings. The van der Waals surface area contributed by atoms with E-state index in [9.17, 15) is 13.2 Å². The van der Waals surface area contributed by atoms with Gasteiger partial charge in [-0.2, -0.15) is 0 Å². The number of halogens is 1. The molecule has 0 bridgehead atoms.